The average Bonchev–Trinajstić information content (AvgIpc) is 2.86. The van der Waals surface area contributed by atoms with Gasteiger partial charge in [-0.1, -0.05) is 33.3 Å². The number of carbonyl (C=O) groups is 2. The van der Waals surface area contributed by atoms with Crippen molar-refractivity contribution in [1.29, 1.82) is 0 Å². The van der Waals surface area contributed by atoms with Crippen LogP contribution in [0.3, 0.4) is 0 Å². The third-order valence-electron chi connectivity index (χ3n) is 3.31. The molecule has 106 valence electrons. The fourth-order valence-corrected chi connectivity index (χ4v) is 2.64. The standard InChI is InChI=1S/C14H21NO3S/c1-4-9(2)12(14(17)18)15-13(16)10(3)8-11-6-5-7-19-11/h5-7,9-10,12H,4,8H2,1-3H3,(H,15,16)(H,17,18). The van der Waals surface area contributed by atoms with E-state index in [1.165, 1.54) is 0 Å². The summed E-state index contributed by atoms with van der Waals surface area (Å²) in [5.41, 5.74) is 0. The van der Waals surface area contributed by atoms with Crippen LogP contribution in [0.2, 0.25) is 0 Å². The van der Waals surface area contributed by atoms with E-state index >= 15 is 0 Å². The Morgan fingerprint density at radius 3 is 2.58 bits per heavy atom. The number of aliphatic carboxylic acids is 1. The summed E-state index contributed by atoms with van der Waals surface area (Å²) in [5, 5.41) is 13.8. The highest BCUT2D eigenvalue weighted by Crippen LogP contribution is 2.15. The second-order valence-corrected chi connectivity index (χ2v) is 5.93. The summed E-state index contributed by atoms with van der Waals surface area (Å²) < 4.78 is 0. The van der Waals surface area contributed by atoms with E-state index in [1.807, 2.05) is 38.3 Å². The molecule has 4 nitrogen and oxygen atoms in total. The van der Waals surface area contributed by atoms with Crippen molar-refractivity contribution in [2.45, 2.75) is 39.7 Å². The Morgan fingerprint density at radius 1 is 1.42 bits per heavy atom. The van der Waals surface area contributed by atoms with Crippen molar-refractivity contribution in [1.82, 2.24) is 5.32 Å². The molecule has 3 unspecified atom stereocenters. The molecule has 1 heterocycles. The lowest BCUT2D eigenvalue weighted by Gasteiger charge is -2.22. The SMILES string of the molecule is CCC(C)C(NC(=O)C(C)Cc1cccs1)C(=O)O. The van der Waals surface area contributed by atoms with E-state index in [-0.39, 0.29) is 17.7 Å². The minimum atomic E-state index is -0.967. The predicted molar refractivity (Wildman–Crippen MR) is 76.2 cm³/mol. The van der Waals surface area contributed by atoms with Crippen molar-refractivity contribution in [3.63, 3.8) is 0 Å². The lowest BCUT2D eigenvalue weighted by Crippen LogP contribution is -2.47. The lowest BCUT2D eigenvalue weighted by atomic mass is 9.97. The number of hydrogen-bond acceptors (Lipinski definition) is 3. The first-order valence-electron chi connectivity index (χ1n) is 6.51. The summed E-state index contributed by atoms with van der Waals surface area (Å²) in [6, 6.07) is 3.13. The highest BCUT2D eigenvalue weighted by molar-refractivity contribution is 7.09. The van der Waals surface area contributed by atoms with Gasteiger partial charge in [-0.3, -0.25) is 4.79 Å². The Morgan fingerprint density at radius 2 is 2.11 bits per heavy atom. The van der Waals surface area contributed by atoms with Crippen LogP contribution in [0.4, 0.5) is 0 Å². The molecular weight excluding hydrogens is 262 g/mol. The van der Waals surface area contributed by atoms with E-state index in [4.69, 9.17) is 5.11 Å². The zero-order valence-electron chi connectivity index (χ0n) is 11.6. The highest BCUT2D eigenvalue weighted by atomic mass is 32.1. The van der Waals surface area contributed by atoms with Gasteiger partial charge in [0.1, 0.15) is 6.04 Å². The Balaban J connectivity index is 2.58. The Kier molecular flexibility index (Phi) is 6.02. The molecule has 0 fully saturated rings. The van der Waals surface area contributed by atoms with Crippen molar-refractivity contribution < 1.29 is 14.7 Å². The predicted octanol–water partition coefficient (Wildman–Crippen LogP) is 2.54. The molecule has 1 amide bonds. The summed E-state index contributed by atoms with van der Waals surface area (Å²) in [7, 11) is 0. The first kappa shape index (κ1) is 15.7. The first-order chi connectivity index (χ1) is 8.95. The number of amides is 1. The molecule has 0 saturated carbocycles. The maximum Gasteiger partial charge on any atom is 0.326 e. The molecule has 5 heteroatoms. The van der Waals surface area contributed by atoms with E-state index in [1.54, 1.807) is 11.3 Å². The molecule has 0 spiro atoms. The van der Waals surface area contributed by atoms with E-state index in [0.717, 1.165) is 11.3 Å². The zero-order valence-corrected chi connectivity index (χ0v) is 12.4. The number of hydrogen-bond donors (Lipinski definition) is 2. The first-order valence-corrected chi connectivity index (χ1v) is 7.39. The van der Waals surface area contributed by atoms with Crippen LogP contribution in [-0.2, 0) is 16.0 Å². The van der Waals surface area contributed by atoms with Crippen molar-refractivity contribution >= 4 is 23.2 Å². The number of carboxylic acid groups (broad SMARTS) is 1. The molecular formula is C14H21NO3S. The third-order valence-corrected chi connectivity index (χ3v) is 4.21. The lowest BCUT2D eigenvalue weighted by molar-refractivity contribution is -0.143. The molecule has 0 bridgehead atoms. The van der Waals surface area contributed by atoms with E-state index in [2.05, 4.69) is 5.32 Å². The average molecular weight is 283 g/mol. The maximum atomic E-state index is 12.0. The monoisotopic (exact) mass is 283 g/mol. The number of carbonyl (C=O) groups excluding carboxylic acids is 1. The van der Waals surface area contributed by atoms with Crippen LogP contribution < -0.4 is 5.32 Å². The van der Waals surface area contributed by atoms with Crippen LogP contribution in [-0.4, -0.2) is 23.0 Å². The second kappa shape index (κ2) is 7.28. The molecule has 0 radical (unpaired) electrons. The molecule has 1 aromatic rings. The molecule has 1 rings (SSSR count). The van der Waals surface area contributed by atoms with Gasteiger partial charge in [-0.2, -0.15) is 0 Å². The van der Waals surface area contributed by atoms with E-state index in [0.29, 0.717) is 6.42 Å². The van der Waals surface area contributed by atoms with Crippen LogP contribution in [0.5, 0.6) is 0 Å². The fourth-order valence-electron chi connectivity index (χ4n) is 1.80. The number of rotatable bonds is 7. The third kappa shape index (κ3) is 4.67. The van der Waals surface area contributed by atoms with Gasteiger partial charge in [-0.25, -0.2) is 4.79 Å². The molecule has 1 aromatic heterocycles. The molecule has 0 saturated heterocycles. The number of thiophene rings is 1. The van der Waals surface area contributed by atoms with E-state index < -0.39 is 12.0 Å². The van der Waals surface area contributed by atoms with Gasteiger partial charge >= 0.3 is 5.97 Å². The fraction of sp³-hybridized carbons (Fsp3) is 0.571. The summed E-state index contributed by atoms with van der Waals surface area (Å²) in [4.78, 5) is 24.3. The minimum absolute atomic E-state index is 0.0737. The minimum Gasteiger partial charge on any atom is -0.480 e. The van der Waals surface area contributed by atoms with Crippen LogP contribution >= 0.6 is 11.3 Å². The van der Waals surface area contributed by atoms with Gasteiger partial charge in [0, 0.05) is 10.8 Å². The van der Waals surface area contributed by atoms with Gasteiger partial charge in [-0.15, -0.1) is 11.3 Å². The molecule has 0 aliphatic rings. The molecule has 3 atom stereocenters. The smallest absolute Gasteiger partial charge is 0.326 e. The summed E-state index contributed by atoms with van der Waals surface area (Å²) in [5.74, 6) is -1.45. The van der Waals surface area contributed by atoms with Crippen LogP contribution in [0.15, 0.2) is 17.5 Å². The van der Waals surface area contributed by atoms with Crippen LogP contribution in [0.25, 0.3) is 0 Å². The quantitative estimate of drug-likeness (QED) is 0.808. The molecule has 0 aliphatic carbocycles. The van der Waals surface area contributed by atoms with E-state index in [9.17, 15) is 9.59 Å². The Labute approximate surface area is 117 Å². The zero-order chi connectivity index (χ0) is 14.4. The highest BCUT2D eigenvalue weighted by Gasteiger charge is 2.27. The topological polar surface area (TPSA) is 66.4 Å². The molecule has 0 aliphatic heterocycles. The van der Waals surface area contributed by atoms with Gasteiger partial charge in [-0.05, 0) is 23.8 Å². The summed E-state index contributed by atoms with van der Waals surface area (Å²) >= 11 is 1.61. The van der Waals surface area contributed by atoms with Gasteiger partial charge in [0.15, 0.2) is 0 Å². The van der Waals surface area contributed by atoms with Crippen molar-refractivity contribution in [2.75, 3.05) is 0 Å². The van der Waals surface area contributed by atoms with Crippen LogP contribution in [0, 0.1) is 11.8 Å². The Hall–Kier alpha value is -1.36. The van der Waals surface area contributed by atoms with Crippen molar-refractivity contribution in [2.24, 2.45) is 11.8 Å². The Bertz CT molecular complexity index is 416. The molecule has 0 aromatic carbocycles. The maximum absolute atomic E-state index is 12.0. The van der Waals surface area contributed by atoms with Crippen molar-refractivity contribution in [3.05, 3.63) is 22.4 Å². The summed E-state index contributed by atoms with van der Waals surface area (Å²) in [6.45, 7) is 5.58. The van der Waals surface area contributed by atoms with Crippen LogP contribution in [0.1, 0.15) is 32.1 Å². The van der Waals surface area contributed by atoms with Gasteiger partial charge in [0.05, 0.1) is 0 Å². The molecule has 2 N–H and O–H groups in total. The van der Waals surface area contributed by atoms with Gasteiger partial charge in [0.2, 0.25) is 5.91 Å². The normalized spacial score (nSPS) is 15.5. The largest absolute Gasteiger partial charge is 0.480 e. The van der Waals surface area contributed by atoms with Crippen molar-refractivity contribution in [3.8, 4) is 0 Å². The number of nitrogens with one attached hydrogen (secondary N) is 1. The van der Waals surface area contributed by atoms with Gasteiger partial charge in [0.25, 0.3) is 0 Å². The number of carboxylic acids is 1. The van der Waals surface area contributed by atoms with Gasteiger partial charge < -0.3 is 10.4 Å². The summed E-state index contributed by atoms with van der Waals surface area (Å²) in [6.07, 6.45) is 1.37. The second-order valence-electron chi connectivity index (χ2n) is 4.89. The molecule has 19 heavy (non-hydrogen) atoms.